The Kier molecular flexibility index (Phi) is 3.72. The van der Waals surface area contributed by atoms with Gasteiger partial charge in [-0.3, -0.25) is 9.78 Å². The van der Waals surface area contributed by atoms with E-state index < -0.39 is 0 Å². The van der Waals surface area contributed by atoms with E-state index in [1.165, 1.54) is 0 Å². The van der Waals surface area contributed by atoms with E-state index in [4.69, 9.17) is 0 Å². The van der Waals surface area contributed by atoms with Gasteiger partial charge < -0.3 is 5.32 Å². The molecule has 92 valence electrons. The van der Waals surface area contributed by atoms with Gasteiger partial charge in [-0.15, -0.1) is 0 Å². The SMILES string of the molecule is Cc1cc(C)cc(C(=O)NCc2ccccn2)c1. The standard InChI is InChI=1S/C15H16N2O/c1-11-7-12(2)9-13(8-11)15(18)17-10-14-5-3-4-6-16-14/h3-9H,10H2,1-2H3,(H,17,18). The number of hydrogen-bond acceptors (Lipinski definition) is 2. The van der Waals surface area contributed by atoms with Gasteiger partial charge in [-0.1, -0.05) is 23.3 Å². The minimum absolute atomic E-state index is 0.0625. The zero-order valence-electron chi connectivity index (χ0n) is 10.6. The van der Waals surface area contributed by atoms with Crippen molar-refractivity contribution in [2.75, 3.05) is 0 Å². The molecule has 0 unspecified atom stereocenters. The van der Waals surface area contributed by atoms with Crippen molar-refractivity contribution >= 4 is 5.91 Å². The van der Waals surface area contributed by atoms with Gasteiger partial charge >= 0.3 is 0 Å². The molecule has 0 saturated heterocycles. The first kappa shape index (κ1) is 12.3. The highest BCUT2D eigenvalue weighted by atomic mass is 16.1. The van der Waals surface area contributed by atoms with Crippen LogP contribution in [0, 0.1) is 13.8 Å². The lowest BCUT2D eigenvalue weighted by Crippen LogP contribution is -2.23. The Bertz CT molecular complexity index is 529. The molecular formula is C15H16N2O. The van der Waals surface area contributed by atoms with Crippen molar-refractivity contribution in [3.8, 4) is 0 Å². The molecule has 1 heterocycles. The molecule has 0 bridgehead atoms. The van der Waals surface area contributed by atoms with Gasteiger partial charge in [0.2, 0.25) is 0 Å². The summed E-state index contributed by atoms with van der Waals surface area (Å²) in [5.41, 5.74) is 3.75. The summed E-state index contributed by atoms with van der Waals surface area (Å²) in [6.07, 6.45) is 1.72. The van der Waals surface area contributed by atoms with Gasteiger partial charge in [-0.2, -0.15) is 0 Å². The van der Waals surface area contributed by atoms with Gasteiger partial charge in [0.05, 0.1) is 12.2 Å². The number of carbonyl (C=O) groups is 1. The number of rotatable bonds is 3. The van der Waals surface area contributed by atoms with E-state index in [-0.39, 0.29) is 5.91 Å². The molecule has 0 saturated carbocycles. The molecule has 3 nitrogen and oxygen atoms in total. The van der Waals surface area contributed by atoms with Crippen LogP contribution < -0.4 is 5.32 Å². The summed E-state index contributed by atoms with van der Waals surface area (Å²) in [5.74, 6) is -0.0625. The predicted octanol–water partition coefficient (Wildman–Crippen LogP) is 2.63. The van der Waals surface area contributed by atoms with Crippen LogP contribution in [-0.2, 0) is 6.54 Å². The summed E-state index contributed by atoms with van der Waals surface area (Å²) in [5, 5.41) is 2.87. The lowest BCUT2D eigenvalue weighted by Gasteiger charge is -2.06. The Morgan fingerprint density at radius 3 is 2.50 bits per heavy atom. The molecule has 1 amide bonds. The number of amides is 1. The molecule has 0 radical (unpaired) electrons. The minimum Gasteiger partial charge on any atom is -0.346 e. The Hall–Kier alpha value is -2.16. The summed E-state index contributed by atoms with van der Waals surface area (Å²) in [6, 6.07) is 11.5. The first-order valence-electron chi connectivity index (χ1n) is 5.91. The third-order valence-electron chi connectivity index (χ3n) is 2.64. The summed E-state index contributed by atoms with van der Waals surface area (Å²) in [4.78, 5) is 16.1. The van der Waals surface area contributed by atoms with E-state index in [1.807, 2.05) is 44.2 Å². The highest BCUT2D eigenvalue weighted by Gasteiger charge is 2.06. The van der Waals surface area contributed by atoms with Crippen molar-refractivity contribution in [2.24, 2.45) is 0 Å². The fourth-order valence-corrected chi connectivity index (χ4v) is 1.88. The average molecular weight is 240 g/mol. The molecule has 0 atom stereocenters. The number of pyridine rings is 1. The number of nitrogens with one attached hydrogen (secondary N) is 1. The molecule has 2 aromatic rings. The Morgan fingerprint density at radius 2 is 1.89 bits per heavy atom. The molecule has 18 heavy (non-hydrogen) atoms. The second kappa shape index (κ2) is 5.45. The van der Waals surface area contributed by atoms with E-state index in [0.717, 1.165) is 16.8 Å². The number of benzene rings is 1. The van der Waals surface area contributed by atoms with Gasteiger partial charge in [0.1, 0.15) is 0 Å². The topological polar surface area (TPSA) is 42.0 Å². The van der Waals surface area contributed by atoms with Gasteiger partial charge in [-0.05, 0) is 38.1 Å². The lowest BCUT2D eigenvalue weighted by molar-refractivity contribution is 0.0950. The first-order valence-corrected chi connectivity index (χ1v) is 5.91. The largest absolute Gasteiger partial charge is 0.346 e. The molecule has 0 aliphatic heterocycles. The van der Waals surface area contributed by atoms with Crippen molar-refractivity contribution in [1.82, 2.24) is 10.3 Å². The summed E-state index contributed by atoms with van der Waals surface area (Å²) in [6.45, 7) is 4.43. The lowest BCUT2D eigenvalue weighted by atomic mass is 10.1. The van der Waals surface area contributed by atoms with Crippen LogP contribution in [0.25, 0.3) is 0 Å². The highest BCUT2D eigenvalue weighted by Crippen LogP contribution is 2.08. The maximum atomic E-state index is 12.0. The van der Waals surface area contributed by atoms with Crippen molar-refractivity contribution in [2.45, 2.75) is 20.4 Å². The zero-order chi connectivity index (χ0) is 13.0. The van der Waals surface area contributed by atoms with Crippen molar-refractivity contribution in [3.05, 3.63) is 65.0 Å². The van der Waals surface area contributed by atoms with E-state index >= 15 is 0 Å². The van der Waals surface area contributed by atoms with E-state index in [9.17, 15) is 4.79 Å². The number of aromatic nitrogens is 1. The van der Waals surface area contributed by atoms with Crippen LogP contribution in [0.1, 0.15) is 27.2 Å². The van der Waals surface area contributed by atoms with Crippen molar-refractivity contribution in [3.63, 3.8) is 0 Å². The normalized spacial score (nSPS) is 10.1. The van der Waals surface area contributed by atoms with E-state index in [2.05, 4.69) is 16.4 Å². The molecule has 1 aromatic carbocycles. The third kappa shape index (κ3) is 3.17. The van der Waals surface area contributed by atoms with Gasteiger partial charge in [0.15, 0.2) is 0 Å². The second-order valence-electron chi connectivity index (χ2n) is 4.38. The molecule has 1 N–H and O–H groups in total. The van der Waals surface area contributed by atoms with Crippen LogP contribution in [0.5, 0.6) is 0 Å². The van der Waals surface area contributed by atoms with Crippen LogP contribution in [0.15, 0.2) is 42.6 Å². The van der Waals surface area contributed by atoms with Gasteiger partial charge in [0, 0.05) is 11.8 Å². The van der Waals surface area contributed by atoms with Gasteiger partial charge in [-0.25, -0.2) is 0 Å². The Balaban J connectivity index is 2.04. The molecule has 1 aromatic heterocycles. The van der Waals surface area contributed by atoms with Crippen molar-refractivity contribution < 1.29 is 4.79 Å². The number of nitrogens with zero attached hydrogens (tertiary/aromatic N) is 1. The van der Waals surface area contributed by atoms with Crippen LogP contribution in [0.3, 0.4) is 0 Å². The van der Waals surface area contributed by atoms with E-state index in [0.29, 0.717) is 12.1 Å². The average Bonchev–Trinajstić information content (AvgIpc) is 2.36. The Labute approximate surface area is 107 Å². The molecular weight excluding hydrogens is 224 g/mol. The van der Waals surface area contributed by atoms with Crippen molar-refractivity contribution in [1.29, 1.82) is 0 Å². The zero-order valence-corrected chi connectivity index (χ0v) is 10.6. The molecule has 0 fully saturated rings. The molecule has 0 spiro atoms. The first-order chi connectivity index (χ1) is 8.65. The second-order valence-corrected chi connectivity index (χ2v) is 4.38. The van der Waals surface area contributed by atoms with Crippen LogP contribution in [-0.4, -0.2) is 10.9 Å². The summed E-state index contributed by atoms with van der Waals surface area (Å²) in [7, 11) is 0. The summed E-state index contributed by atoms with van der Waals surface area (Å²) < 4.78 is 0. The van der Waals surface area contributed by atoms with Crippen LogP contribution in [0.4, 0.5) is 0 Å². The monoisotopic (exact) mass is 240 g/mol. The smallest absolute Gasteiger partial charge is 0.251 e. The quantitative estimate of drug-likeness (QED) is 0.896. The minimum atomic E-state index is -0.0625. The summed E-state index contributed by atoms with van der Waals surface area (Å²) >= 11 is 0. The molecule has 2 rings (SSSR count). The number of aryl methyl sites for hydroxylation is 2. The highest BCUT2D eigenvalue weighted by molar-refractivity contribution is 5.94. The van der Waals surface area contributed by atoms with Crippen LogP contribution >= 0.6 is 0 Å². The molecule has 0 aliphatic carbocycles. The maximum absolute atomic E-state index is 12.0. The fraction of sp³-hybridized carbons (Fsp3) is 0.200. The molecule has 0 aliphatic rings. The molecule has 3 heteroatoms. The van der Waals surface area contributed by atoms with E-state index in [1.54, 1.807) is 6.20 Å². The predicted molar refractivity (Wildman–Crippen MR) is 71.3 cm³/mol. The Morgan fingerprint density at radius 1 is 1.17 bits per heavy atom. The maximum Gasteiger partial charge on any atom is 0.251 e. The van der Waals surface area contributed by atoms with Crippen LogP contribution in [0.2, 0.25) is 0 Å². The fourth-order valence-electron chi connectivity index (χ4n) is 1.88. The number of carbonyl (C=O) groups excluding carboxylic acids is 1. The number of hydrogen-bond donors (Lipinski definition) is 1. The van der Waals surface area contributed by atoms with Gasteiger partial charge in [0.25, 0.3) is 5.91 Å². The third-order valence-corrected chi connectivity index (χ3v) is 2.64.